The van der Waals surface area contributed by atoms with E-state index in [1.807, 2.05) is 29.2 Å². The first-order chi connectivity index (χ1) is 18.8. The Morgan fingerprint density at radius 1 is 0.500 bits per heavy atom. The van der Waals surface area contributed by atoms with Crippen molar-refractivity contribution in [3.63, 3.8) is 0 Å². The van der Waals surface area contributed by atoms with Gasteiger partial charge in [-0.25, -0.2) is 0 Å². The zero-order valence-corrected chi connectivity index (χ0v) is 20.9. The van der Waals surface area contributed by atoms with Crippen molar-refractivity contribution < 1.29 is 0 Å². The van der Waals surface area contributed by atoms with Crippen LogP contribution in [0.1, 0.15) is 0 Å². The van der Waals surface area contributed by atoms with Gasteiger partial charge in [-0.3, -0.25) is 10.2 Å². The van der Waals surface area contributed by atoms with Gasteiger partial charge in [-0.15, -0.1) is 0 Å². The van der Waals surface area contributed by atoms with E-state index < -0.39 is 0 Å². The first-order valence-corrected chi connectivity index (χ1v) is 12.7. The van der Waals surface area contributed by atoms with Gasteiger partial charge in [-0.1, -0.05) is 109 Å². The molecule has 2 heterocycles. The summed E-state index contributed by atoms with van der Waals surface area (Å²) < 4.78 is 0. The highest BCUT2D eigenvalue weighted by Gasteiger charge is 2.17. The largest absolute Gasteiger partial charge is 0.329 e. The fourth-order valence-corrected chi connectivity index (χ4v) is 4.62. The number of benzene rings is 4. The van der Waals surface area contributed by atoms with Crippen molar-refractivity contribution in [1.29, 1.82) is 0 Å². The molecule has 6 aromatic rings. The molecule has 4 N–H and O–H groups in total. The standard InChI is InChI=1S/C32H28N6/c33-19-20-38(31-21-29(34-36-31)27-15-11-25(12-16-27)23-7-3-1-4-8-23)32-22-30(35-37-32)28-17-13-26(14-18-28)24-9-5-2-6-10-24/h1-18,21-22H,19-20,33H2,(H,34,36)(H,35,37). The van der Waals surface area contributed by atoms with Crippen LogP contribution >= 0.6 is 0 Å². The first-order valence-electron chi connectivity index (χ1n) is 12.7. The number of hydrogen-bond donors (Lipinski definition) is 3. The lowest BCUT2D eigenvalue weighted by Gasteiger charge is -2.17. The molecule has 6 heteroatoms. The van der Waals surface area contributed by atoms with Gasteiger partial charge in [0.1, 0.15) is 0 Å². The van der Waals surface area contributed by atoms with Gasteiger partial charge in [0.25, 0.3) is 0 Å². The lowest BCUT2D eigenvalue weighted by Crippen LogP contribution is -2.25. The third kappa shape index (κ3) is 4.85. The van der Waals surface area contributed by atoms with Crippen LogP contribution in [0.25, 0.3) is 44.8 Å². The molecule has 0 saturated carbocycles. The predicted octanol–water partition coefficient (Wildman–Crippen LogP) is 6.90. The number of hydrogen-bond acceptors (Lipinski definition) is 4. The molecular weight excluding hydrogens is 468 g/mol. The van der Waals surface area contributed by atoms with Gasteiger partial charge < -0.3 is 10.6 Å². The summed E-state index contributed by atoms with van der Waals surface area (Å²) >= 11 is 0. The highest BCUT2D eigenvalue weighted by molar-refractivity contribution is 5.73. The van der Waals surface area contributed by atoms with Gasteiger partial charge >= 0.3 is 0 Å². The Morgan fingerprint density at radius 2 is 0.868 bits per heavy atom. The number of nitrogens with one attached hydrogen (secondary N) is 2. The van der Waals surface area contributed by atoms with Gasteiger partial charge in [-0.05, 0) is 33.4 Å². The third-order valence-electron chi connectivity index (χ3n) is 6.64. The Labute approximate surface area is 221 Å². The van der Waals surface area contributed by atoms with Crippen LogP contribution in [-0.4, -0.2) is 33.5 Å². The van der Waals surface area contributed by atoms with E-state index in [2.05, 4.69) is 117 Å². The summed E-state index contributed by atoms with van der Waals surface area (Å²) in [6, 6.07) is 41.8. The number of rotatable bonds is 8. The SMILES string of the molecule is NCCN(c1cc(-c2ccc(-c3ccccc3)cc2)[nH]n1)c1cc(-c2ccc(-c3ccccc3)cc2)[nH]n1. The van der Waals surface area contributed by atoms with Crippen molar-refractivity contribution in [1.82, 2.24) is 20.4 Å². The number of aromatic amines is 2. The van der Waals surface area contributed by atoms with Gasteiger partial charge in [0.05, 0.1) is 11.4 Å². The maximum Gasteiger partial charge on any atom is 0.156 e. The second-order valence-corrected chi connectivity index (χ2v) is 9.11. The number of nitrogens with two attached hydrogens (primary N) is 1. The van der Waals surface area contributed by atoms with Gasteiger partial charge in [0.15, 0.2) is 11.6 Å². The number of aromatic nitrogens is 4. The molecular formula is C32H28N6. The highest BCUT2D eigenvalue weighted by atomic mass is 15.3. The Hall–Kier alpha value is -4.94. The summed E-state index contributed by atoms with van der Waals surface area (Å²) in [5, 5.41) is 15.5. The minimum absolute atomic E-state index is 0.474. The van der Waals surface area contributed by atoms with Crippen molar-refractivity contribution in [3.8, 4) is 44.8 Å². The second-order valence-electron chi connectivity index (χ2n) is 9.11. The van der Waals surface area contributed by atoms with Crippen LogP contribution in [0.15, 0.2) is 121 Å². The molecule has 0 aliphatic rings. The van der Waals surface area contributed by atoms with E-state index in [-0.39, 0.29) is 0 Å². The molecule has 0 bridgehead atoms. The van der Waals surface area contributed by atoms with Crippen LogP contribution in [0.2, 0.25) is 0 Å². The Kier molecular flexibility index (Phi) is 6.53. The molecule has 38 heavy (non-hydrogen) atoms. The summed E-state index contributed by atoms with van der Waals surface area (Å²) in [5.41, 5.74) is 14.7. The third-order valence-corrected chi connectivity index (χ3v) is 6.64. The molecule has 0 saturated heterocycles. The molecule has 0 aliphatic carbocycles. The van der Waals surface area contributed by atoms with Gasteiger partial charge in [0.2, 0.25) is 0 Å². The molecule has 0 unspecified atom stereocenters. The highest BCUT2D eigenvalue weighted by Crippen LogP contribution is 2.31. The molecule has 0 aliphatic heterocycles. The number of nitrogens with zero attached hydrogens (tertiary/aromatic N) is 3. The summed E-state index contributed by atoms with van der Waals surface area (Å²) in [5.74, 6) is 1.55. The smallest absolute Gasteiger partial charge is 0.156 e. The van der Waals surface area contributed by atoms with Crippen LogP contribution in [0.4, 0.5) is 11.6 Å². The van der Waals surface area contributed by atoms with Crippen LogP contribution in [-0.2, 0) is 0 Å². The summed E-state index contributed by atoms with van der Waals surface area (Å²) in [7, 11) is 0. The van der Waals surface area contributed by atoms with Crippen LogP contribution in [0.5, 0.6) is 0 Å². The van der Waals surface area contributed by atoms with E-state index >= 15 is 0 Å². The van der Waals surface area contributed by atoms with E-state index in [1.54, 1.807) is 0 Å². The number of H-pyrrole nitrogens is 2. The first kappa shape index (κ1) is 23.5. The van der Waals surface area contributed by atoms with Gasteiger partial charge in [-0.2, -0.15) is 10.2 Å². The van der Waals surface area contributed by atoms with E-state index in [0.717, 1.165) is 34.2 Å². The molecule has 0 spiro atoms. The van der Waals surface area contributed by atoms with E-state index in [0.29, 0.717) is 13.1 Å². The quantitative estimate of drug-likeness (QED) is 0.214. The normalized spacial score (nSPS) is 11.0. The van der Waals surface area contributed by atoms with E-state index in [1.165, 1.54) is 22.3 Å². The summed E-state index contributed by atoms with van der Waals surface area (Å²) in [4.78, 5) is 2.02. The minimum Gasteiger partial charge on any atom is -0.329 e. The lowest BCUT2D eigenvalue weighted by atomic mass is 10.0. The van der Waals surface area contributed by atoms with Gasteiger partial charge in [0, 0.05) is 25.2 Å². The van der Waals surface area contributed by atoms with Crippen LogP contribution in [0.3, 0.4) is 0 Å². The fraction of sp³-hybridized carbons (Fsp3) is 0.0625. The van der Waals surface area contributed by atoms with Crippen molar-refractivity contribution >= 4 is 11.6 Å². The van der Waals surface area contributed by atoms with Crippen molar-refractivity contribution in [2.24, 2.45) is 5.73 Å². The Balaban J connectivity index is 1.22. The molecule has 4 aromatic carbocycles. The second kappa shape index (κ2) is 10.6. The number of anilines is 2. The lowest BCUT2D eigenvalue weighted by molar-refractivity contribution is 0.875. The maximum atomic E-state index is 5.97. The average Bonchev–Trinajstić information content (AvgIpc) is 3.68. The molecule has 0 fully saturated rings. The molecule has 0 amide bonds. The summed E-state index contributed by atoms with van der Waals surface area (Å²) in [6.07, 6.45) is 0. The predicted molar refractivity (Wildman–Crippen MR) is 155 cm³/mol. The molecule has 6 nitrogen and oxygen atoms in total. The zero-order chi connectivity index (χ0) is 25.7. The monoisotopic (exact) mass is 496 g/mol. The minimum atomic E-state index is 0.474. The maximum absolute atomic E-state index is 5.97. The van der Waals surface area contributed by atoms with Crippen LogP contribution in [0, 0.1) is 0 Å². The Morgan fingerprint density at radius 3 is 1.26 bits per heavy atom. The zero-order valence-electron chi connectivity index (χ0n) is 20.9. The van der Waals surface area contributed by atoms with Crippen molar-refractivity contribution in [2.75, 3.05) is 18.0 Å². The van der Waals surface area contributed by atoms with E-state index in [4.69, 9.17) is 5.73 Å². The average molecular weight is 497 g/mol. The fourth-order valence-electron chi connectivity index (χ4n) is 4.62. The van der Waals surface area contributed by atoms with Crippen molar-refractivity contribution in [3.05, 3.63) is 121 Å². The van der Waals surface area contributed by atoms with Crippen molar-refractivity contribution in [2.45, 2.75) is 0 Å². The summed E-state index contributed by atoms with van der Waals surface area (Å²) in [6.45, 7) is 1.07. The topological polar surface area (TPSA) is 86.6 Å². The molecule has 2 aromatic heterocycles. The van der Waals surface area contributed by atoms with Crippen LogP contribution < -0.4 is 10.6 Å². The molecule has 0 atom stereocenters. The molecule has 0 radical (unpaired) electrons. The molecule has 6 rings (SSSR count). The Bertz CT molecular complexity index is 1480. The molecule has 186 valence electrons. The van der Waals surface area contributed by atoms with E-state index in [9.17, 15) is 0 Å².